The van der Waals surface area contributed by atoms with Crippen LogP contribution in [0.5, 0.6) is 5.75 Å². The van der Waals surface area contributed by atoms with E-state index in [0.717, 1.165) is 37.0 Å². The highest BCUT2D eigenvalue weighted by atomic mass is 35.5. The zero-order valence-electron chi connectivity index (χ0n) is 17.9. The molecule has 2 aromatic carbocycles. The second-order valence-electron chi connectivity index (χ2n) is 7.67. The van der Waals surface area contributed by atoms with Gasteiger partial charge < -0.3 is 10.1 Å². The molecule has 2 aromatic rings. The summed E-state index contributed by atoms with van der Waals surface area (Å²) in [7, 11) is -2.07. The highest BCUT2D eigenvalue weighted by molar-refractivity contribution is 7.89. The van der Waals surface area contributed by atoms with Crippen LogP contribution in [0.3, 0.4) is 0 Å². The normalized spacial score (nSPS) is 16.4. The van der Waals surface area contributed by atoms with Gasteiger partial charge in [0.1, 0.15) is 5.75 Å². The van der Waals surface area contributed by atoms with Crippen LogP contribution >= 0.6 is 11.6 Å². The van der Waals surface area contributed by atoms with Crippen molar-refractivity contribution in [2.24, 2.45) is 0 Å². The molecular formula is C23H29ClN2O4S. The number of methoxy groups -OCH3 is 1. The molecule has 1 amide bonds. The third-order valence-corrected chi connectivity index (χ3v) is 7.84. The van der Waals surface area contributed by atoms with E-state index in [9.17, 15) is 13.2 Å². The van der Waals surface area contributed by atoms with Crippen molar-refractivity contribution in [2.45, 2.75) is 50.0 Å². The number of carbonyl (C=O) groups is 1. The lowest BCUT2D eigenvalue weighted by molar-refractivity contribution is 0.0935. The first-order chi connectivity index (χ1) is 14.9. The number of rotatable bonds is 7. The molecule has 0 saturated carbocycles. The van der Waals surface area contributed by atoms with E-state index >= 15 is 0 Å². The van der Waals surface area contributed by atoms with Gasteiger partial charge in [-0.15, -0.1) is 0 Å². The zero-order valence-corrected chi connectivity index (χ0v) is 19.5. The Morgan fingerprint density at radius 2 is 1.74 bits per heavy atom. The summed E-state index contributed by atoms with van der Waals surface area (Å²) in [5.41, 5.74) is 1.09. The van der Waals surface area contributed by atoms with Gasteiger partial charge in [-0.25, -0.2) is 8.42 Å². The number of nitrogens with one attached hydrogen (secondary N) is 1. The highest BCUT2D eigenvalue weighted by Crippen LogP contribution is 2.26. The topological polar surface area (TPSA) is 75.7 Å². The molecule has 1 aliphatic rings. The van der Waals surface area contributed by atoms with Crippen molar-refractivity contribution in [1.29, 1.82) is 0 Å². The first kappa shape index (κ1) is 23.6. The molecule has 0 spiro atoms. The summed E-state index contributed by atoms with van der Waals surface area (Å²) in [6.45, 7) is 2.97. The Labute approximate surface area is 189 Å². The molecule has 168 valence electrons. The van der Waals surface area contributed by atoms with Crippen LogP contribution < -0.4 is 10.1 Å². The van der Waals surface area contributed by atoms with Gasteiger partial charge in [0.05, 0.1) is 28.6 Å². The molecule has 1 saturated heterocycles. The largest absolute Gasteiger partial charge is 0.497 e. The SMILES string of the molecule is CC[C@H](NC(=O)c1cc(S(=O)(=O)N2CCCCCC2)ccc1Cl)c1ccc(OC)cc1. The third kappa shape index (κ3) is 5.59. The van der Waals surface area contributed by atoms with E-state index in [2.05, 4.69) is 5.32 Å². The average molecular weight is 465 g/mol. The minimum Gasteiger partial charge on any atom is -0.497 e. The summed E-state index contributed by atoms with van der Waals surface area (Å²) in [5.74, 6) is 0.333. The van der Waals surface area contributed by atoms with Gasteiger partial charge in [-0.3, -0.25) is 4.79 Å². The number of nitrogens with zero attached hydrogens (tertiary/aromatic N) is 1. The van der Waals surface area contributed by atoms with Gasteiger partial charge in [0.2, 0.25) is 10.0 Å². The van der Waals surface area contributed by atoms with Crippen molar-refractivity contribution < 1.29 is 17.9 Å². The number of halogens is 1. The molecule has 0 unspecified atom stereocenters. The van der Waals surface area contributed by atoms with Crippen molar-refractivity contribution in [3.63, 3.8) is 0 Å². The first-order valence-electron chi connectivity index (χ1n) is 10.6. The van der Waals surface area contributed by atoms with Gasteiger partial charge in [-0.1, -0.05) is 43.5 Å². The number of ether oxygens (including phenoxy) is 1. The van der Waals surface area contributed by atoms with E-state index in [0.29, 0.717) is 19.5 Å². The smallest absolute Gasteiger partial charge is 0.253 e. The van der Waals surface area contributed by atoms with Crippen LogP contribution in [-0.2, 0) is 10.0 Å². The van der Waals surface area contributed by atoms with Gasteiger partial charge in [0.25, 0.3) is 5.91 Å². The molecule has 0 radical (unpaired) electrons. The molecule has 1 heterocycles. The maximum Gasteiger partial charge on any atom is 0.253 e. The fraction of sp³-hybridized carbons (Fsp3) is 0.435. The number of hydrogen-bond donors (Lipinski definition) is 1. The molecule has 1 atom stereocenters. The van der Waals surface area contributed by atoms with Gasteiger partial charge >= 0.3 is 0 Å². The predicted molar refractivity (Wildman–Crippen MR) is 122 cm³/mol. The lowest BCUT2D eigenvalue weighted by Gasteiger charge is -2.21. The fourth-order valence-corrected chi connectivity index (χ4v) is 5.51. The maximum atomic E-state index is 13.1. The van der Waals surface area contributed by atoms with E-state index in [1.54, 1.807) is 7.11 Å². The molecule has 0 aromatic heterocycles. The van der Waals surface area contributed by atoms with Crippen molar-refractivity contribution in [2.75, 3.05) is 20.2 Å². The summed E-state index contributed by atoms with van der Waals surface area (Å²) in [6, 6.07) is 11.6. The quantitative estimate of drug-likeness (QED) is 0.638. The predicted octanol–water partition coefficient (Wildman–Crippen LogP) is 4.79. The number of hydrogen-bond acceptors (Lipinski definition) is 4. The van der Waals surface area contributed by atoms with Crippen LogP contribution in [0.4, 0.5) is 0 Å². The molecule has 8 heteroatoms. The summed E-state index contributed by atoms with van der Waals surface area (Å²) >= 11 is 6.28. The van der Waals surface area contributed by atoms with E-state index in [4.69, 9.17) is 16.3 Å². The monoisotopic (exact) mass is 464 g/mol. The van der Waals surface area contributed by atoms with Gasteiger partial charge in [0.15, 0.2) is 0 Å². The van der Waals surface area contributed by atoms with E-state index in [1.807, 2.05) is 31.2 Å². The molecule has 0 bridgehead atoms. The van der Waals surface area contributed by atoms with E-state index in [1.165, 1.54) is 22.5 Å². The van der Waals surface area contributed by atoms with Crippen molar-refractivity contribution >= 4 is 27.5 Å². The lowest BCUT2D eigenvalue weighted by Crippen LogP contribution is -2.32. The lowest BCUT2D eigenvalue weighted by atomic mass is 10.0. The first-order valence-corrected chi connectivity index (χ1v) is 12.4. The Bertz CT molecular complexity index is 1000. The second kappa shape index (κ2) is 10.5. The highest BCUT2D eigenvalue weighted by Gasteiger charge is 2.27. The molecular weight excluding hydrogens is 436 g/mol. The summed E-state index contributed by atoms with van der Waals surface area (Å²) in [6.07, 6.45) is 4.43. The van der Waals surface area contributed by atoms with Crippen molar-refractivity contribution in [3.8, 4) is 5.75 Å². The Morgan fingerprint density at radius 3 is 2.32 bits per heavy atom. The summed E-state index contributed by atoms with van der Waals surface area (Å²) < 4.78 is 32.9. The zero-order chi connectivity index (χ0) is 22.4. The van der Waals surface area contributed by atoms with Gasteiger partial charge in [0, 0.05) is 13.1 Å². The molecule has 1 aliphatic heterocycles. The van der Waals surface area contributed by atoms with Crippen LogP contribution in [0.2, 0.25) is 5.02 Å². The number of benzene rings is 2. The fourth-order valence-electron chi connectivity index (χ4n) is 3.76. The molecule has 1 N–H and O–H groups in total. The Balaban J connectivity index is 1.83. The molecule has 0 aliphatic carbocycles. The van der Waals surface area contributed by atoms with E-state index < -0.39 is 15.9 Å². The molecule has 6 nitrogen and oxygen atoms in total. The van der Waals surface area contributed by atoms with Crippen LogP contribution in [0.1, 0.15) is 61.0 Å². The minimum absolute atomic E-state index is 0.0986. The summed E-state index contributed by atoms with van der Waals surface area (Å²) in [5, 5.41) is 3.19. The Hall–Kier alpha value is -2.09. The molecule has 31 heavy (non-hydrogen) atoms. The number of carbonyl (C=O) groups excluding carboxylic acids is 1. The Morgan fingerprint density at radius 1 is 1.10 bits per heavy atom. The molecule has 1 fully saturated rings. The standard InChI is InChI=1S/C23H29ClN2O4S/c1-3-22(17-8-10-18(30-2)11-9-17)25-23(27)20-16-19(12-13-21(20)24)31(28,29)26-14-6-4-5-7-15-26/h8-13,16,22H,3-7,14-15H2,1-2H3,(H,25,27)/t22-/m0/s1. The maximum absolute atomic E-state index is 13.1. The Kier molecular flexibility index (Phi) is 7.97. The van der Waals surface area contributed by atoms with Crippen LogP contribution in [0.15, 0.2) is 47.4 Å². The average Bonchev–Trinajstić information content (AvgIpc) is 3.08. The number of amides is 1. The van der Waals surface area contributed by atoms with Gasteiger partial charge in [-0.05, 0) is 55.2 Å². The van der Waals surface area contributed by atoms with Crippen LogP contribution in [0.25, 0.3) is 0 Å². The van der Waals surface area contributed by atoms with Gasteiger partial charge in [-0.2, -0.15) is 4.31 Å². The second-order valence-corrected chi connectivity index (χ2v) is 10.0. The van der Waals surface area contributed by atoms with Crippen LogP contribution in [-0.4, -0.2) is 38.8 Å². The molecule has 3 rings (SSSR count). The summed E-state index contributed by atoms with van der Waals surface area (Å²) in [4.78, 5) is 13.1. The van der Waals surface area contributed by atoms with E-state index in [-0.39, 0.29) is 21.5 Å². The minimum atomic E-state index is -3.67. The van der Waals surface area contributed by atoms with Crippen molar-refractivity contribution in [1.82, 2.24) is 9.62 Å². The third-order valence-electron chi connectivity index (χ3n) is 5.62. The van der Waals surface area contributed by atoms with Crippen LogP contribution in [0, 0.1) is 0 Å². The van der Waals surface area contributed by atoms with Crippen molar-refractivity contribution in [3.05, 3.63) is 58.6 Å². The number of sulfonamides is 1.